The highest BCUT2D eigenvalue weighted by Gasteiger charge is 2.13. The standard InChI is InChI=1S/C13H19NOS.C2H6/c1-11-5-4-6-12(9-11)14-16-10-13-7-2-3-8-15-13;1-2/h4-6,9,13-14H,2-3,7-8,10H2,1H3;1-2H3. The van der Waals surface area contributed by atoms with Crippen molar-refractivity contribution in [2.75, 3.05) is 17.1 Å². The quantitative estimate of drug-likeness (QED) is 0.802. The lowest BCUT2D eigenvalue weighted by molar-refractivity contribution is 0.0316. The van der Waals surface area contributed by atoms with Gasteiger partial charge in [-0.25, -0.2) is 0 Å². The average Bonchev–Trinajstić information content (AvgIpc) is 2.42. The van der Waals surface area contributed by atoms with Gasteiger partial charge in [0.2, 0.25) is 0 Å². The van der Waals surface area contributed by atoms with Gasteiger partial charge in [0, 0.05) is 18.0 Å². The smallest absolute Gasteiger partial charge is 0.0682 e. The van der Waals surface area contributed by atoms with Crippen LogP contribution < -0.4 is 4.72 Å². The highest BCUT2D eigenvalue weighted by Crippen LogP contribution is 2.19. The van der Waals surface area contributed by atoms with Crippen LogP contribution in [0.1, 0.15) is 38.7 Å². The minimum atomic E-state index is 0.441. The maximum Gasteiger partial charge on any atom is 0.0682 e. The summed E-state index contributed by atoms with van der Waals surface area (Å²) in [4.78, 5) is 0. The van der Waals surface area contributed by atoms with Crippen molar-refractivity contribution in [2.24, 2.45) is 0 Å². The Kier molecular flexibility index (Phi) is 7.94. The fourth-order valence-electron chi connectivity index (χ4n) is 1.87. The fourth-order valence-corrected chi connectivity index (χ4v) is 2.69. The van der Waals surface area contributed by atoms with E-state index in [1.54, 1.807) is 11.9 Å². The molecule has 1 saturated heterocycles. The van der Waals surface area contributed by atoms with Gasteiger partial charge in [-0.2, -0.15) is 0 Å². The molecule has 0 spiro atoms. The van der Waals surface area contributed by atoms with Crippen LogP contribution in [0.15, 0.2) is 24.3 Å². The Labute approximate surface area is 116 Å². The Morgan fingerprint density at radius 2 is 2.17 bits per heavy atom. The second-order valence-electron chi connectivity index (χ2n) is 4.27. The molecule has 1 aromatic rings. The molecule has 1 aliphatic rings. The van der Waals surface area contributed by atoms with Crippen molar-refractivity contribution in [3.63, 3.8) is 0 Å². The van der Waals surface area contributed by atoms with Crippen LogP contribution in [-0.2, 0) is 4.74 Å². The Morgan fingerprint density at radius 3 is 2.83 bits per heavy atom. The van der Waals surface area contributed by atoms with E-state index in [1.165, 1.54) is 30.5 Å². The number of hydrogen-bond acceptors (Lipinski definition) is 3. The molecular formula is C15H25NOS. The van der Waals surface area contributed by atoms with Crippen LogP contribution in [0.25, 0.3) is 0 Å². The number of ether oxygens (including phenoxy) is 1. The number of benzene rings is 1. The summed E-state index contributed by atoms with van der Waals surface area (Å²) in [5, 5.41) is 0. The van der Waals surface area contributed by atoms with E-state index in [0.717, 1.165) is 12.4 Å². The highest BCUT2D eigenvalue weighted by molar-refractivity contribution is 8.00. The number of rotatable bonds is 4. The highest BCUT2D eigenvalue weighted by atomic mass is 32.2. The average molecular weight is 267 g/mol. The third-order valence-electron chi connectivity index (χ3n) is 2.75. The minimum Gasteiger partial charge on any atom is -0.377 e. The molecule has 0 amide bonds. The summed E-state index contributed by atoms with van der Waals surface area (Å²) in [6, 6.07) is 8.45. The predicted molar refractivity (Wildman–Crippen MR) is 82.2 cm³/mol. The zero-order valence-corrected chi connectivity index (χ0v) is 12.6. The Balaban J connectivity index is 0.000000771. The molecule has 0 radical (unpaired) electrons. The largest absolute Gasteiger partial charge is 0.377 e. The van der Waals surface area contributed by atoms with Crippen LogP contribution in [0.2, 0.25) is 0 Å². The Morgan fingerprint density at radius 1 is 1.33 bits per heavy atom. The molecule has 2 nitrogen and oxygen atoms in total. The van der Waals surface area contributed by atoms with Crippen molar-refractivity contribution >= 4 is 17.6 Å². The fraction of sp³-hybridized carbons (Fsp3) is 0.600. The summed E-state index contributed by atoms with van der Waals surface area (Å²) >= 11 is 1.75. The molecule has 1 heterocycles. The number of anilines is 1. The summed E-state index contributed by atoms with van der Waals surface area (Å²) < 4.78 is 9.05. The van der Waals surface area contributed by atoms with E-state index >= 15 is 0 Å². The van der Waals surface area contributed by atoms with E-state index < -0.39 is 0 Å². The van der Waals surface area contributed by atoms with Crippen molar-refractivity contribution in [1.29, 1.82) is 0 Å². The van der Waals surface area contributed by atoms with Crippen LogP contribution in [-0.4, -0.2) is 18.5 Å². The van der Waals surface area contributed by atoms with E-state index in [-0.39, 0.29) is 0 Å². The van der Waals surface area contributed by atoms with Crippen LogP contribution in [0, 0.1) is 6.92 Å². The second-order valence-corrected chi connectivity index (χ2v) is 5.10. The molecule has 1 atom stereocenters. The van der Waals surface area contributed by atoms with E-state index in [2.05, 4.69) is 35.9 Å². The summed E-state index contributed by atoms with van der Waals surface area (Å²) in [5.41, 5.74) is 2.47. The molecule has 0 bridgehead atoms. The maximum absolute atomic E-state index is 5.68. The van der Waals surface area contributed by atoms with Gasteiger partial charge in [0.15, 0.2) is 0 Å². The summed E-state index contributed by atoms with van der Waals surface area (Å²) in [6.07, 6.45) is 4.20. The van der Waals surface area contributed by atoms with Crippen molar-refractivity contribution in [1.82, 2.24) is 0 Å². The van der Waals surface area contributed by atoms with Gasteiger partial charge in [-0.15, -0.1) is 0 Å². The molecule has 1 unspecified atom stereocenters. The molecule has 102 valence electrons. The van der Waals surface area contributed by atoms with E-state index in [1.807, 2.05) is 13.8 Å². The molecule has 0 saturated carbocycles. The molecule has 3 heteroatoms. The molecule has 1 N–H and O–H groups in total. The van der Waals surface area contributed by atoms with Crippen molar-refractivity contribution in [2.45, 2.75) is 46.1 Å². The van der Waals surface area contributed by atoms with Gasteiger partial charge in [-0.1, -0.05) is 26.0 Å². The summed E-state index contributed by atoms with van der Waals surface area (Å²) in [6.45, 7) is 7.05. The second kappa shape index (κ2) is 9.29. The van der Waals surface area contributed by atoms with E-state index in [9.17, 15) is 0 Å². The number of aryl methyl sites for hydroxylation is 1. The van der Waals surface area contributed by atoms with E-state index in [0.29, 0.717) is 6.10 Å². The maximum atomic E-state index is 5.68. The molecular weight excluding hydrogens is 242 g/mol. The lowest BCUT2D eigenvalue weighted by Gasteiger charge is -2.22. The van der Waals surface area contributed by atoms with E-state index in [4.69, 9.17) is 4.74 Å². The van der Waals surface area contributed by atoms with Gasteiger partial charge in [0.1, 0.15) is 0 Å². The topological polar surface area (TPSA) is 21.3 Å². The van der Waals surface area contributed by atoms with Crippen molar-refractivity contribution < 1.29 is 4.74 Å². The lowest BCUT2D eigenvalue weighted by Crippen LogP contribution is -2.21. The SMILES string of the molecule is CC.Cc1cccc(NSCC2CCCCO2)c1. The third-order valence-corrected chi connectivity index (χ3v) is 3.67. The third kappa shape index (κ3) is 5.78. The Hall–Kier alpha value is -0.670. The molecule has 2 rings (SSSR count). The Bertz CT molecular complexity index is 324. The zero-order chi connectivity index (χ0) is 13.2. The molecule has 1 fully saturated rings. The van der Waals surface area contributed by atoms with Gasteiger partial charge < -0.3 is 9.46 Å². The van der Waals surface area contributed by atoms with Crippen molar-refractivity contribution in [3.8, 4) is 0 Å². The molecule has 1 aromatic carbocycles. The molecule has 18 heavy (non-hydrogen) atoms. The molecule has 0 aromatic heterocycles. The van der Waals surface area contributed by atoms with Gasteiger partial charge in [0.25, 0.3) is 0 Å². The van der Waals surface area contributed by atoms with Crippen LogP contribution in [0.5, 0.6) is 0 Å². The van der Waals surface area contributed by atoms with Gasteiger partial charge >= 0.3 is 0 Å². The first-order valence-corrected chi connectivity index (χ1v) is 7.89. The first-order valence-electron chi connectivity index (χ1n) is 6.91. The minimum absolute atomic E-state index is 0.441. The van der Waals surface area contributed by atoms with Crippen LogP contribution in [0.4, 0.5) is 5.69 Å². The predicted octanol–water partition coefficient (Wildman–Crippen LogP) is 4.65. The normalized spacial score (nSPS) is 18.7. The van der Waals surface area contributed by atoms with Gasteiger partial charge in [-0.05, 0) is 55.8 Å². The molecule has 1 aliphatic heterocycles. The van der Waals surface area contributed by atoms with Gasteiger partial charge in [0.05, 0.1) is 6.10 Å². The number of hydrogen-bond donors (Lipinski definition) is 1. The van der Waals surface area contributed by atoms with Crippen molar-refractivity contribution in [3.05, 3.63) is 29.8 Å². The van der Waals surface area contributed by atoms with Crippen LogP contribution in [0.3, 0.4) is 0 Å². The van der Waals surface area contributed by atoms with Crippen LogP contribution >= 0.6 is 11.9 Å². The first-order chi connectivity index (χ1) is 8.84. The lowest BCUT2D eigenvalue weighted by atomic mass is 10.1. The zero-order valence-electron chi connectivity index (χ0n) is 11.7. The molecule has 0 aliphatic carbocycles. The first kappa shape index (κ1) is 15.4. The summed E-state index contributed by atoms with van der Waals surface area (Å²) in [5.74, 6) is 1.04. The van der Waals surface area contributed by atoms with Gasteiger partial charge in [-0.3, -0.25) is 0 Å². The monoisotopic (exact) mass is 267 g/mol. The summed E-state index contributed by atoms with van der Waals surface area (Å²) in [7, 11) is 0. The number of nitrogens with one attached hydrogen (secondary N) is 1.